The fraction of sp³-hybridized carbons (Fsp3) is 0.300. The van der Waals surface area contributed by atoms with E-state index < -0.39 is 40.0 Å². The van der Waals surface area contributed by atoms with E-state index in [1.54, 1.807) is 20.8 Å². The van der Waals surface area contributed by atoms with Crippen LogP contribution in [0.5, 0.6) is 0 Å². The molecule has 0 saturated carbocycles. The third-order valence-corrected chi connectivity index (χ3v) is 4.01. The lowest BCUT2D eigenvalue weighted by molar-refractivity contribution is -0.384. The fourth-order valence-corrected chi connectivity index (χ4v) is 2.78. The topological polar surface area (TPSA) is 177 Å². The van der Waals surface area contributed by atoms with Crippen molar-refractivity contribution in [3.63, 3.8) is 0 Å². The van der Waals surface area contributed by atoms with E-state index in [1.165, 1.54) is 24.3 Å². The zero-order valence-electron chi connectivity index (χ0n) is 17.7. The van der Waals surface area contributed by atoms with Crippen LogP contribution in [0.4, 0.5) is 21.0 Å². The first-order chi connectivity index (χ1) is 14.9. The SMILES string of the molecule is C=CC[C@H](NC(=O)OC(C)(C)C)c1cc(-c2ccc(NC(=O)O)cc2[N+](=O)[O-])c(=O)[nH]n1. The molecule has 32 heavy (non-hydrogen) atoms. The van der Waals surface area contributed by atoms with Gasteiger partial charge in [0.15, 0.2) is 0 Å². The second-order valence-electron chi connectivity index (χ2n) is 7.68. The average Bonchev–Trinajstić information content (AvgIpc) is 2.66. The van der Waals surface area contributed by atoms with Gasteiger partial charge in [0.1, 0.15) is 5.60 Å². The third-order valence-electron chi connectivity index (χ3n) is 4.01. The fourth-order valence-electron chi connectivity index (χ4n) is 2.78. The molecule has 0 bridgehead atoms. The molecule has 0 aliphatic heterocycles. The Hall–Kier alpha value is -4.22. The zero-order chi connectivity index (χ0) is 24.1. The summed E-state index contributed by atoms with van der Waals surface area (Å²) in [6.07, 6.45) is -0.338. The van der Waals surface area contributed by atoms with E-state index in [9.17, 15) is 24.5 Å². The first-order valence-corrected chi connectivity index (χ1v) is 9.40. The van der Waals surface area contributed by atoms with E-state index in [2.05, 4.69) is 22.1 Å². The van der Waals surface area contributed by atoms with Crippen LogP contribution >= 0.6 is 0 Å². The van der Waals surface area contributed by atoms with Crippen molar-refractivity contribution < 1.29 is 24.4 Å². The van der Waals surface area contributed by atoms with Gasteiger partial charge in [-0.25, -0.2) is 14.7 Å². The second-order valence-corrected chi connectivity index (χ2v) is 7.68. The number of aromatic nitrogens is 2. The largest absolute Gasteiger partial charge is 0.465 e. The van der Waals surface area contributed by atoms with Crippen molar-refractivity contribution in [3.8, 4) is 11.1 Å². The summed E-state index contributed by atoms with van der Waals surface area (Å²) >= 11 is 0. The Morgan fingerprint density at radius 3 is 2.59 bits per heavy atom. The summed E-state index contributed by atoms with van der Waals surface area (Å²) < 4.78 is 5.24. The predicted octanol–water partition coefficient (Wildman–Crippen LogP) is 3.58. The van der Waals surface area contributed by atoms with Gasteiger partial charge in [-0.1, -0.05) is 6.08 Å². The highest BCUT2D eigenvalue weighted by atomic mass is 16.6. The standard InChI is InChI=1S/C20H23N5O7/c1-5-6-14(22-19(29)32-20(2,3)4)15-10-13(17(26)24-23-15)12-8-7-11(21-18(27)28)9-16(12)25(30)31/h5,7-10,14,21H,1,6H2,2-4H3,(H,22,29)(H,24,26)(H,27,28)/t14-/m0/s1. The number of nitro benzene ring substituents is 1. The molecular formula is C20H23N5O7. The molecule has 170 valence electrons. The summed E-state index contributed by atoms with van der Waals surface area (Å²) in [6, 6.07) is 4.13. The van der Waals surface area contributed by atoms with Crippen molar-refractivity contribution in [2.45, 2.75) is 38.8 Å². The number of ether oxygens (including phenoxy) is 1. The highest BCUT2D eigenvalue weighted by Gasteiger charge is 2.24. The normalized spacial score (nSPS) is 11.8. The minimum Gasteiger partial charge on any atom is -0.465 e. The highest BCUT2D eigenvalue weighted by molar-refractivity contribution is 5.85. The van der Waals surface area contributed by atoms with Gasteiger partial charge in [0.2, 0.25) is 0 Å². The molecule has 0 saturated heterocycles. The molecule has 2 rings (SSSR count). The summed E-state index contributed by atoms with van der Waals surface area (Å²) in [6.45, 7) is 8.75. The maximum atomic E-state index is 12.4. The Balaban J connectivity index is 2.50. The first-order valence-electron chi connectivity index (χ1n) is 9.40. The number of nitrogens with one attached hydrogen (secondary N) is 3. The number of amides is 2. The number of benzene rings is 1. The van der Waals surface area contributed by atoms with Crippen LogP contribution in [0.2, 0.25) is 0 Å². The molecule has 0 radical (unpaired) electrons. The van der Waals surface area contributed by atoms with Crippen LogP contribution in [0.15, 0.2) is 41.7 Å². The van der Waals surface area contributed by atoms with Gasteiger partial charge in [-0.15, -0.1) is 6.58 Å². The molecule has 1 aromatic heterocycles. The van der Waals surface area contributed by atoms with Crippen LogP contribution < -0.4 is 16.2 Å². The molecule has 0 unspecified atom stereocenters. The van der Waals surface area contributed by atoms with Crippen molar-refractivity contribution in [2.75, 3.05) is 5.32 Å². The number of carboxylic acid groups (broad SMARTS) is 1. The van der Waals surface area contributed by atoms with Crippen LogP contribution in [-0.2, 0) is 4.74 Å². The van der Waals surface area contributed by atoms with Crippen LogP contribution in [-0.4, -0.2) is 38.0 Å². The summed E-state index contributed by atoms with van der Waals surface area (Å²) in [4.78, 5) is 46.3. The molecule has 12 nitrogen and oxygen atoms in total. The average molecular weight is 445 g/mol. The van der Waals surface area contributed by atoms with Crippen molar-refractivity contribution in [2.24, 2.45) is 0 Å². The first kappa shape index (κ1) is 24.1. The van der Waals surface area contributed by atoms with E-state index in [1.807, 2.05) is 5.32 Å². The van der Waals surface area contributed by atoms with Crippen molar-refractivity contribution in [1.82, 2.24) is 15.5 Å². The number of aromatic amines is 1. The number of carbonyl (C=O) groups is 2. The number of rotatable bonds is 7. The molecule has 1 atom stereocenters. The Kier molecular flexibility index (Phi) is 7.31. The summed E-state index contributed by atoms with van der Waals surface area (Å²) in [7, 11) is 0. The van der Waals surface area contributed by atoms with Crippen LogP contribution in [0.3, 0.4) is 0 Å². The molecule has 12 heteroatoms. The minimum absolute atomic E-state index is 0.0326. The smallest absolute Gasteiger partial charge is 0.409 e. The van der Waals surface area contributed by atoms with Gasteiger partial charge in [0.05, 0.1) is 33.5 Å². The van der Waals surface area contributed by atoms with Gasteiger partial charge >= 0.3 is 12.2 Å². The van der Waals surface area contributed by atoms with Crippen molar-refractivity contribution >= 4 is 23.6 Å². The van der Waals surface area contributed by atoms with Crippen LogP contribution in [0, 0.1) is 10.1 Å². The maximum Gasteiger partial charge on any atom is 0.409 e. The molecule has 2 aromatic rings. The lowest BCUT2D eigenvalue weighted by Gasteiger charge is -2.23. The molecule has 1 heterocycles. The number of H-pyrrole nitrogens is 1. The number of nitrogens with zero attached hydrogens (tertiary/aromatic N) is 2. The maximum absolute atomic E-state index is 12.4. The lowest BCUT2D eigenvalue weighted by Crippen LogP contribution is -2.35. The minimum atomic E-state index is -1.39. The summed E-state index contributed by atoms with van der Waals surface area (Å²) in [5.74, 6) is 0. The molecule has 0 aliphatic carbocycles. The van der Waals surface area contributed by atoms with E-state index >= 15 is 0 Å². The zero-order valence-corrected chi connectivity index (χ0v) is 17.7. The number of nitro groups is 1. The number of hydrogen-bond acceptors (Lipinski definition) is 7. The van der Waals surface area contributed by atoms with E-state index in [4.69, 9.17) is 9.84 Å². The summed E-state index contributed by atoms with van der Waals surface area (Å²) in [5, 5.41) is 31.3. The number of alkyl carbamates (subject to hydrolysis) is 1. The third kappa shape index (κ3) is 6.39. The molecule has 0 aliphatic rings. The van der Waals surface area contributed by atoms with Gasteiger partial charge in [0, 0.05) is 6.07 Å². The molecular weight excluding hydrogens is 422 g/mol. The molecule has 0 fully saturated rings. The molecule has 0 spiro atoms. The lowest BCUT2D eigenvalue weighted by atomic mass is 10.0. The highest BCUT2D eigenvalue weighted by Crippen LogP contribution is 2.31. The van der Waals surface area contributed by atoms with Crippen molar-refractivity contribution in [1.29, 1.82) is 0 Å². The van der Waals surface area contributed by atoms with Crippen LogP contribution in [0.25, 0.3) is 11.1 Å². The van der Waals surface area contributed by atoms with Gasteiger partial charge in [0.25, 0.3) is 11.2 Å². The van der Waals surface area contributed by atoms with Gasteiger partial charge in [-0.3, -0.25) is 20.2 Å². The molecule has 2 amide bonds. The molecule has 1 aromatic carbocycles. The van der Waals surface area contributed by atoms with E-state index in [0.29, 0.717) is 0 Å². The quantitative estimate of drug-likeness (QED) is 0.284. The Labute approximate surface area is 182 Å². The summed E-state index contributed by atoms with van der Waals surface area (Å²) in [5.41, 5.74) is -1.88. The molecule has 4 N–H and O–H groups in total. The number of anilines is 1. The Morgan fingerprint density at radius 2 is 2.03 bits per heavy atom. The monoisotopic (exact) mass is 445 g/mol. The van der Waals surface area contributed by atoms with Crippen molar-refractivity contribution in [3.05, 3.63) is 63.1 Å². The Morgan fingerprint density at radius 1 is 1.34 bits per heavy atom. The number of hydrogen-bond donors (Lipinski definition) is 4. The van der Waals surface area contributed by atoms with E-state index in [-0.39, 0.29) is 28.9 Å². The van der Waals surface area contributed by atoms with Gasteiger partial charge in [-0.05, 0) is 45.4 Å². The Bertz CT molecular complexity index is 1100. The van der Waals surface area contributed by atoms with Gasteiger partial charge < -0.3 is 15.2 Å². The van der Waals surface area contributed by atoms with Crippen LogP contribution in [0.1, 0.15) is 38.9 Å². The van der Waals surface area contributed by atoms with E-state index in [0.717, 1.165) is 6.07 Å². The second kappa shape index (κ2) is 9.73. The predicted molar refractivity (Wildman–Crippen MR) is 116 cm³/mol. The van der Waals surface area contributed by atoms with Gasteiger partial charge in [-0.2, -0.15) is 5.10 Å². The number of carbonyl (C=O) groups excluding carboxylic acids is 1.